The molecule has 2 aromatic rings. The van der Waals surface area contributed by atoms with Crippen LogP contribution in [0.5, 0.6) is 0 Å². The summed E-state index contributed by atoms with van der Waals surface area (Å²) in [6, 6.07) is 6.41. The number of aromatic nitrogens is 1. The predicted molar refractivity (Wildman–Crippen MR) is 97.4 cm³/mol. The third-order valence-corrected chi connectivity index (χ3v) is 6.80. The van der Waals surface area contributed by atoms with Gasteiger partial charge >= 0.3 is 0 Å². The molecule has 3 heterocycles. The fraction of sp³-hybridized carbons (Fsp3) is 0.412. The number of fused-ring (bicyclic) bond motifs is 2. The van der Waals surface area contributed by atoms with Crippen molar-refractivity contribution in [3.8, 4) is 0 Å². The van der Waals surface area contributed by atoms with Crippen LogP contribution in [0.15, 0.2) is 23.2 Å². The normalized spacial score (nSPS) is 24.1. The number of hydrogen-bond acceptors (Lipinski definition) is 5. The first-order valence-electron chi connectivity index (χ1n) is 7.88. The van der Waals surface area contributed by atoms with Crippen LogP contribution >= 0.6 is 23.1 Å². The molecule has 0 aliphatic carbocycles. The highest BCUT2D eigenvalue weighted by Crippen LogP contribution is 2.49. The van der Waals surface area contributed by atoms with E-state index in [2.05, 4.69) is 35.8 Å². The van der Waals surface area contributed by atoms with E-state index in [1.54, 1.807) is 30.0 Å². The highest BCUT2D eigenvalue weighted by molar-refractivity contribution is 8.04. The maximum atomic E-state index is 11.6. The molecule has 23 heavy (non-hydrogen) atoms. The van der Waals surface area contributed by atoms with Crippen molar-refractivity contribution in [2.45, 2.75) is 25.5 Å². The number of piperidine rings is 1. The van der Waals surface area contributed by atoms with E-state index in [-0.39, 0.29) is 5.91 Å². The molecule has 120 valence electrons. The van der Waals surface area contributed by atoms with E-state index in [1.807, 2.05) is 0 Å². The number of amides is 1. The summed E-state index contributed by atoms with van der Waals surface area (Å²) in [5, 5.41) is 9.07. The molecule has 1 amide bonds. The van der Waals surface area contributed by atoms with E-state index in [1.165, 1.54) is 15.8 Å². The molecular weight excluding hydrogens is 326 g/mol. The fourth-order valence-electron chi connectivity index (χ4n) is 3.33. The molecule has 2 aliphatic heterocycles. The maximum absolute atomic E-state index is 11.6. The summed E-state index contributed by atoms with van der Waals surface area (Å²) < 4.78 is 1.21. The van der Waals surface area contributed by atoms with Gasteiger partial charge in [0.15, 0.2) is 0 Å². The van der Waals surface area contributed by atoms with Crippen molar-refractivity contribution < 1.29 is 4.79 Å². The molecule has 6 heteroatoms. The minimum Gasteiger partial charge on any atom is -0.321 e. The molecule has 1 fully saturated rings. The van der Waals surface area contributed by atoms with Crippen LogP contribution in [-0.2, 0) is 4.79 Å². The number of rotatable bonds is 2. The molecule has 2 unspecified atom stereocenters. The molecule has 0 radical (unpaired) electrons. The number of benzene rings is 1. The minimum atomic E-state index is -0.00596. The lowest BCUT2D eigenvalue weighted by Gasteiger charge is -2.26. The summed E-state index contributed by atoms with van der Waals surface area (Å²) in [6.45, 7) is 5.69. The van der Waals surface area contributed by atoms with Crippen LogP contribution < -0.4 is 10.6 Å². The van der Waals surface area contributed by atoms with Gasteiger partial charge in [0.25, 0.3) is 0 Å². The van der Waals surface area contributed by atoms with Crippen LogP contribution in [0.3, 0.4) is 0 Å². The molecule has 1 saturated heterocycles. The number of allylic oxidation sites excluding steroid dienone is 1. The highest BCUT2D eigenvalue weighted by Gasteiger charge is 2.39. The van der Waals surface area contributed by atoms with Gasteiger partial charge in [-0.05, 0) is 37.6 Å². The summed E-state index contributed by atoms with van der Waals surface area (Å²) in [5.74, 6) is 0.471. The smallest absolute Gasteiger partial charge is 0.221 e. The van der Waals surface area contributed by atoms with Crippen molar-refractivity contribution in [3.05, 3.63) is 33.8 Å². The number of aryl methyl sites for hydroxylation is 1. The Morgan fingerprint density at radius 1 is 1.43 bits per heavy atom. The van der Waals surface area contributed by atoms with Gasteiger partial charge in [-0.2, -0.15) is 0 Å². The van der Waals surface area contributed by atoms with Crippen molar-refractivity contribution in [1.29, 1.82) is 0 Å². The Morgan fingerprint density at radius 3 is 3.13 bits per heavy atom. The lowest BCUT2D eigenvalue weighted by atomic mass is 9.90. The van der Waals surface area contributed by atoms with Gasteiger partial charge in [0.2, 0.25) is 5.91 Å². The molecule has 0 bridgehead atoms. The van der Waals surface area contributed by atoms with E-state index < -0.39 is 0 Å². The monoisotopic (exact) mass is 345 g/mol. The average Bonchev–Trinajstić information content (AvgIpc) is 3.05. The van der Waals surface area contributed by atoms with Crippen LogP contribution in [0.4, 0.5) is 0 Å². The maximum Gasteiger partial charge on any atom is 0.221 e. The molecule has 2 N–H and O–H groups in total. The van der Waals surface area contributed by atoms with E-state index in [9.17, 15) is 4.79 Å². The van der Waals surface area contributed by atoms with Gasteiger partial charge in [-0.25, -0.2) is 4.98 Å². The SMILES string of the molecule is CC(=O)NC1=C(c2nc3cc(C)ccc3s2)C2CCNCC2S1. The van der Waals surface area contributed by atoms with Gasteiger partial charge in [-0.1, -0.05) is 6.07 Å². The summed E-state index contributed by atoms with van der Waals surface area (Å²) in [4.78, 5) is 16.5. The Kier molecular flexibility index (Phi) is 3.91. The van der Waals surface area contributed by atoms with Gasteiger partial charge in [0, 0.05) is 30.2 Å². The second-order valence-electron chi connectivity index (χ2n) is 6.17. The Morgan fingerprint density at radius 2 is 2.30 bits per heavy atom. The Balaban J connectivity index is 1.81. The van der Waals surface area contributed by atoms with Crippen LogP contribution in [0.2, 0.25) is 0 Å². The van der Waals surface area contributed by atoms with Gasteiger partial charge in [0.05, 0.1) is 15.2 Å². The number of carbonyl (C=O) groups is 1. The van der Waals surface area contributed by atoms with Gasteiger partial charge in [0.1, 0.15) is 5.01 Å². The Hall–Kier alpha value is -1.37. The van der Waals surface area contributed by atoms with Crippen LogP contribution in [0.25, 0.3) is 15.8 Å². The van der Waals surface area contributed by atoms with E-state index in [4.69, 9.17) is 4.98 Å². The molecular formula is C17H19N3OS2. The van der Waals surface area contributed by atoms with Crippen LogP contribution in [-0.4, -0.2) is 29.2 Å². The molecule has 1 aromatic carbocycles. The predicted octanol–water partition coefficient (Wildman–Crippen LogP) is 3.13. The van der Waals surface area contributed by atoms with Crippen molar-refractivity contribution in [2.75, 3.05) is 13.1 Å². The van der Waals surface area contributed by atoms with E-state index in [0.29, 0.717) is 11.2 Å². The van der Waals surface area contributed by atoms with Crippen molar-refractivity contribution in [2.24, 2.45) is 5.92 Å². The fourth-order valence-corrected chi connectivity index (χ4v) is 5.98. The topological polar surface area (TPSA) is 54.0 Å². The standard InChI is InChI=1S/C17H19N3OS2/c1-9-3-4-13-12(7-9)20-17(22-13)15-11-5-6-18-8-14(11)23-16(15)19-10(2)21/h3-4,7,11,14,18H,5-6,8H2,1-2H3,(H,19,21). The first kappa shape index (κ1) is 15.2. The first-order chi connectivity index (χ1) is 11.1. The second kappa shape index (κ2) is 5.92. The molecule has 1 aromatic heterocycles. The number of hydrogen-bond donors (Lipinski definition) is 2. The lowest BCUT2D eigenvalue weighted by molar-refractivity contribution is -0.118. The zero-order chi connectivity index (χ0) is 16.0. The van der Waals surface area contributed by atoms with Gasteiger partial charge < -0.3 is 10.6 Å². The molecule has 2 aliphatic rings. The zero-order valence-electron chi connectivity index (χ0n) is 13.2. The van der Waals surface area contributed by atoms with Crippen LogP contribution in [0.1, 0.15) is 23.9 Å². The molecule has 4 rings (SSSR count). The van der Waals surface area contributed by atoms with Crippen molar-refractivity contribution in [1.82, 2.24) is 15.6 Å². The quantitative estimate of drug-likeness (QED) is 0.878. The number of thiazole rings is 1. The number of carbonyl (C=O) groups excluding carboxylic acids is 1. The molecule has 0 spiro atoms. The number of nitrogens with zero attached hydrogens (tertiary/aromatic N) is 1. The summed E-state index contributed by atoms with van der Waals surface area (Å²) >= 11 is 3.53. The zero-order valence-corrected chi connectivity index (χ0v) is 14.8. The molecule has 4 nitrogen and oxygen atoms in total. The summed E-state index contributed by atoms with van der Waals surface area (Å²) in [6.07, 6.45) is 1.10. The molecule has 2 atom stereocenters. The number of thioether (sulfide) groups is 1. The van der Waals surface area contributed by atoms with Gasteiger partial charge in [-0.15, -0.1) is 23.1 Å². The van der Waals surface area contributed by atoms with Crippen molar-refractivity contribution in [3.63, 3.8) is 0 Å². The largest absolute Gasteiger partial charge is 0.321 e. The Labute approximate surface area is 143 Å². The minimum absolute atomic E-state index is 0.00596. The highest BCUT2D eigenvalue weighted by atomic mass is 32.2. The van der Waals surface area contributed by atoms with Crippen LogP contribution in [0, 0.1) is 12.8 Å². The summed E-state index contributed by atoms with van der Waals surface area (Å²) in [5.41, 5.74) is 3.53. The van der Waals surface area contributed by atoms with E-state index in [0.717, 1.165) is 35.1 Å². The average molecular weight is 345 g/mol. The third kappa shape index (κ3) is 2.79. The molecule has 0 saturated carbocycles. The number of nitrogens with one attached hydrogen (secondary N) is 2. The second-order valence-corrected chi connectivity index (χ2v) is 8.45. The Bertz CT molecular complexity index is 811. The third-order valence-electron chi connectivity index (χ3n) is 4.37. The lowest BCUT2D eigenvalue weighted by Crippen LogP contribution is -2.37. The first-order valence-corrected chi connectivity index (χ1v) is 9.58. The van der Waals surface area contributed by atoms with E-state index >= 15 is 0 Å². The van der Waals surface area contributed by atoms with Gasteiger partial charge in [-0.3, -0.25) is 4.79 Å². The van der Waals surface area contributed by atoms with Crippen molar-refractivity contribution >= 4 is 44.8 Å². The summed E-state index contributed by atoms with van der Waals surface area (Å²) in [7, 11) is 0.